The summed E-state index contributed by atoms with van der Waals surface area (Å²) in [6, 6.07) is 10.5. The minimum Gasteiger partial charge on any atom is -0.359 e. The number of amides is 2. The van der Waals surface area contributed by atoms with Crippen LogP contribution in [-0.2, 0) is 0 Å². The van der Waals surface area contributed by atoms with Crippen LogP contribution in [0, 0.1) is 10.1 Å². The molecule has 3 aromatic rings. The highest BCUT2D eigenvalue weighted by atomic mass is 35.5. The van der Waals surface area contributed by atoms with Gasteiger partial charge in [-0.3, -0.25) is 20.0 Å². The SMILES string of the molecule is CC(C)(CCN1CCN(c2ccncc2)C1=O)Nc1nc(Nc2ccc(Cl)cc2)ncc1[N+](=O)[O-]. The molecule has 0 saturated carbocycles. The first-order valence-corrected chi connectivity index (χ1v) is 11.4. The molecule has 0 bridgehead atoms. The lowest BCUT2D eigenvalue weighted by atomic mass is 10.0. The third-order valence-electron chi connectivity index (χ3n) is 5.60. The normalized spacial score (nSPS) is 13.7. The Balaban J connectivity index is 1.43. The smallest absolute Gasteiger partial charge is 0.329 e. The van der Waals surface area contributed by atoms with Gasteiger partial charge in [-0.05, 0) is 56.7 Å². The van der Waals surface area contributed by atoms with E-state index in [0.29, 0.717) is 36.8 Å². The molecule has 2 aromatic heterocycles. The summed E-state index contributed by atoms with van der Waals surface area (Å²) in [5.41, 5.74) is 0.670. The Morgan fingerprint density at radius 1 is 1.14 bits per heavy atom. The Hall–Kier alpha value is -3.99. The van der Waals surface area contributed by atoms with Gasteiger partial charge in [0.15, 0.2) is 0 Å². The van der Waals surface area contributed by atoms with E-state index in [2.05, 4.69) is 25.6 Å². The highest BCUT2D eigenvalue weighted by Gasteiger charge is 2.32. The van der Waals surface area contributed by atoms with Crippen molar-refractivity contribution in [3.8, 4) is 0 Å². The maximum atomic E-state index is 12.8. The molecule has 11 nitrogen and oxygen atoms in total. The van der Waals surface area contributed by atoms with E-state index in [-0.39, 0.29) is 23.5 Å². The van der Waals surface area contributed by atoms with E-state index in [1.54, 1.807) is 58.6 Å². The highest BCUT2D eigenvalue weighted by molar-refractivity contribution is 6.30. The van der Waals surface area contributed by atoms with Crippen LogP contribution in [0.2, 0.25) is 5.02 Å². The van der Waals surface area contributed by atoms with E-state index in [1.165, 1.54) is 6.20 Å². The maximum Gasteiger partial charge on any atom is 0.329 e. The zero-order chi connectivity index (χ0) is 25.0. The van der Waals surface area contributed by atoms with Crippen molar-refractivity contribution in [3.63, 3.8) is 0 Å². The van der Waals surface area contributed by atoms with Gasteiger partial charge in [-0.25, -0.2) is 9.78 Å². The molecule has 35 heavy (non-hydrogen) atoms. The number of urea groups is 1. The number of carbonyl (C=O) groups excluding carboxylic acids is 1. The van der Waals surface area contributed by atoms with Gasteiger partial charge in [-0.1, -0.05) is 11.6 Å². The number of hydrogen-bond acceptors (Lipinski definition) is 8. The molecule has 1 aromatic carbocycles. The van der Waals surface area contributed by atoms with E-state index in [0.717, 1.165) is 5.69 Å². The number of nitro groups is 1. The maximum absolute atomic E-state index is 12.8. The molecule has 1 aliphatic rings. The average Bonchev–Trinajstić information content (AvgIpc) is 3.20. The monoisotopic (exact) mass is 496 g/mol. The molecular formula is C23H25ClN8O3. The number of nitrogens with one attached hydrogen (secondary N) is 2. The van der Waals surface area contributed by atoms with Gasteiger partial charge in [0, 0.05) is 54.0 Å². The number of benzene rings is 1. The highest BCUT2D eigenvalue weighted by Crippen LogP contribution is 2.28. The number of nitrogens with zero attached hydrogens (tertiary/aromatic N) is 6. The number of hydrogen-bond donors (Lipinski definition) is 2. The number of halogens is 1. The zero-order valence-electron chi connectivity index (χ0n) is 19.3. The topological polar surface area (TPSA) is 129 Å². The summed E-state index contributed by atoms with van der Waals surface area (Å²) in [4.78, 5) is 39.8. The van der Waals surface area contributed by atoms with E-state index in [9.17, 15) is 14.9 Å². The molecule has 0 aliphatic carbocycles. The molecule has 2 amide bonds. The second-order valence-electron chi connectivity index (χ2n) is 8.70. The van der Waals surface area contributed by atoms with Crippen LogP contribution >= 0.6 is 11.6 Å². The van der Waals surface area contributed by atoms with Gasteiger partial charge in [0.2, 0.25) is 11.8 Å². The van der Waals surface area contributed by atoms with Gasteiger partial charge in [0.25, 0.3) is 0 Å². The molecule has 2 N–H and O–H groups in total. The Morgan fingerprint density at radius 3 is 2.54 bits per heavy atom. The Labute approximate surface area is 207 Å². The number of anilines is 4. The molecule has 1 aliphatic heterocycles. The van der Waals surface area contributed by atoms with E-state index in [1.807, 2.05) is 13.8 Å². The van der Waals surface area contributed by atoms with E-state index >= 15 is 0 Å². The Kier molecular flexibility index (Phi) is 6.97. The summed E-state index contributed by atoms with van der Waals surface area (Å²) < 4.78 is 0. The predicted molar refractivity (Wildman–Crippen MR) is 134 cm³/mol. The predicted octanol–water partition coefficient (Wildman–Crippen LogP) is 4.70. The summed E-state index contributed by atoms with van der Waals surface area (Å²) in [7, 11) is 0. The summed E-state index contributed by atoms with van der Waals surface area (Å²) in [5.74, 6) is 0.302. The van der Waals surface area contributed by atoms with Gasteiger partial charge in [0.1, 0.15) is 6.20 Å². The molecule has 0 spiro atoms. The van der Waals surface area contributed by atoms with Crippen molar-refractivity contribution in [2.24, 2.45) is 0 Å². The van der Waals surface area contributed by atoms with Crippen molar-refractivity contribution >= 4 is 46.5 Å². The van der Waals surface area contributed by atoms with Gasteiger partial charge >= 0.3 is 11.7 Å². The molecular weight excluding hydrogens is 472 g/mol. The third-order valence-corrected chi connectivity index (χ3v) is 5.85. The third kappa shape index (κ3) is 5.93. The van der Waals surface area contributed by atoms with Gasteiger partial charge in [-0.15, -0.1) is 0 Å². The Morgan fingerprint density at radius 2 is 1.86 bits per heavy atom. The lowest BCUT2D eigenvalue weighted by Crippen LogP contribution is -2.39. The van der Waals surface area contributed by atoms with Crippen molar-refractivity contribution in [2.75, 3.05) is 35.2 Å². The van der Waals surface area contributed by atoms with Crippen LogP contribution < -0.4 is 15.5 Å². The van der Waals surface area contributed by atoms with Crippen LogP contribution in [-0.4, -0.2) is 56.0 Å². The van der Waals surface area contributed by atoms with Crippen molar-refractivity contribution in [3.05, 3.63) is 70.1 Å². The molecule has 0 unspecified atom stereocenters. The minimum atomic E-state index is -0.596. The van der Waals surface area contributed by atoms with Crippen molar-refractivity contribution in [1.29, 1.82) is 0 Å². The molecule has 4 rings (SSSR count). The number of carbonyl (C=O) groups is 1. The quantitative estimate of drug-likeness (QED) is 0.322. The average molecular weight is 497 g/mol. The molecule has 12 heteroatoms. The van der Waals surface area contributed by atoms with Crippen LogP contribution in [0.5, 0.6) is 0 Å². The van der Waals surface area contributed by atoms with E-state index < -0.39 is 10.5 Å². The molecule has 1 saturated heterocycles. The molecule has 0 radical (unpaired) electrons. The summed E-state index contributed by atoms with van der Waals surface area (Å²) in [6.07, 6.45) is 5.02. The molecule has 1 fully saturated rings. The minimum absolute atomic E-state index is 0.0746. The second kappa shape index (κ2) is 10.1. The Bertz CT molecular complexity index is 1210. The van der Waals surface area contributed by atoms with Gasteiger partial charge in [0.05, 0.1) is 4.92 Å². The molecule has 182 valence electrons. The summed E-state index contributed by atoms with van der Waals surface area (Å²) in [5, 5.41) is 18.4. The van der Waals surface area contributed by atoms with Crippen LogP contribution in [0.3, 0.4) is 0 Å². The number of rotatable bonds is 9. The molecule has 3 heterocycles. The fourth-order valence-electron chi connectivity index (χ4n) is 3.67. The summed E-state index contributed by atoms with van der Waals surface area (Å²) >= 11 is 5.92. The van der Waals surface area contributed by atoms with Crippen LogP contribution in [0.25, 0.3) is 0 Å². The van der Waals surface area contributed by atoms with Gasteiger partial charge < -0.3 is 15.5 Å². The molecule has 0 atom stereocenters. The number of pyridine rings is 1. The zero-order valence-corrected chi connectivity index (χ0v) is 20.1. The first-order chi connectivity index (χ1) is 16.7. The largest absolute Gasteiger partial charge is 0.359 e. The fourth-order valence-corrected chi connectivity index (χ4v) is 3.80. The first kappa shape index (κ1) is 24.1. The fraction of sp³-hybridized carbons (Fsp3) is 0.304. The summed E-state index contributed by atoms with van der Waals surface area (Å²) in [6.45, 7) is 5.49. The van der Waals surface area contributed by atoms with Crippen LogP contribution in [0.4, 0.5) is 33.6 Å². The van der Waals surface area contributed by atoms with Crippen LogP contribution in [0.1, 0.15) is 20.3 Å². The van der Waals surface area contributed by atoms with Crippen molar-refractivity contribution in [1.82, 2.24) is 19.9 Å². The van der Waals surface area contributed by atoms with Crippen molar-refractivity contribution in [2.45, 2.75) is 25.8 Å². The lowest BCUT2D eigenvalue weighted by molar-refractivity contribution is -0.384. The number of aromatic nitrogens is 3. The first-order valence-electron chi connectivity index (χ1n) is 11.0. The van der Waals surface area contributed by atoms with Crippen molar-refractivity contribution < 1.29 is 9.72 Å². The second-order valence-corrected chi connectivity index (χ2v) is 9.14. The van der Waals surface area contributed by atoms with Gasteiger partial charge in [-0.2, -0.15) is 4.98 Å². The standard InChI is InChI=1S/C23H25ClN8O3/c1-23(2,9-12-30-13-14-31(22(30)33)18-7-10-25-11-8-18)29-20-19(32(34)35)15-26-21(28-20)27-17-5-3-16(24)4-6-17/h3-8,10-11,15H,9,12-14H2,1-2H3,(H2,26,27,28,29). The van der Waals surface area contributed by atoms with Crippen LogP contribution in [0.15, 0.2) is 55.0 Å². The lowest BCUT2D eigenvalue weighted by Gasteiger charge is -2.29. The van der Waals surface area contributed by atoms with E-state index in [4.69, 9.17) is 11.6 Å².